The van der Waals surface area contributed by atoms with Crippen LogP contribution in [-0.2, 0) is 16.0 Å². The normalized spacial score (nSPS) is 15.3. The van der Waals surface area contributed by atoms with Gasteiger partial charge in [-0.15, -0.1) is 0 Å². The second-order valence-corrected chi connectivity index (χ2v) is 6.25. The highest BCUT2D eigenvalue weighted by Crippen LogP contribution is 2.22. The van der Waals surface area contributed by atoms with Crippen molar-refractivity contribution in [3.05, 3.63) is 83.8 Å². The Bertz CT molecular complexity index is 1030. The van der Waals surface area contributed by atoms with Crippen LogP contribution in [0.15, 0.2) is 71.3 Å². The first-order chi connectivity index (χ1) is 13.6. The van der Waals surface area contributed by atoms with Crippen molar-refractivity contribution in [2.45, 2.75) is 12.5 Å². The number of rotatable bonds is 4. The minimum Gasteiger partial charge on any atom is -0.459 e. The van der Waals surface area contributed by atoms with Crippen molar-refractivity contribution in [1.29, 1.82) is 0 Å². The molecule has 1 aromatic heterocycles. The first-order valence-corrected chi connectivity index (χ1v) is 8.65. The molecule has 1 unspecified atom stereocenters. The molecule has 28 heavy (non-hydrogen) atoms. The summed E-state index contributed by atoms with van der Waals surface area (Å²) in [5.41, 5.74) is 2.35. The summed E-state index contributed by atoms with van der Waals surface area (Å²) in [4.78, 5) is 36.5. The van der Waals surface area contributed by atoms with Gasteiger partial charge in [0, 0.05) is 17.8 Å². The molecule has 1 aliphatic rings. The molecule has 2 aromatic carbocycles. The molecular weight excluding hydrogens is 360 g/mol. The van der Waals surface area contributed by atoms with Crippen LogP contribution in [0.1, 0.15) is 26.5 Å². The van der Waals surface area contributed by atoms with Gasteiger partial charge in [0.2, 0.25) is 0 Å². The Morgan fingerprint density at radius 3 is 2.32 bits per heavy atom. The molecule has 0 radical (unpaired) electrons. The lowest BCUT2D eigenvalue weighted by molar-refractivity contribution is -0.125. The van der Waals surface area contributed by atoms with Crippen LogP contribution in [0, 0.1) is 0 Å². The summed E-state index contributed by atoms with van der Waals surface area (Å²) in [7, 11) is 0. The van der Waals surface area contributed by atoms with Crippen molar-refractivity contribution in [3.8, 4) is 0 Å². The monoisotopic (exact) mass is 376 g/mol. The standard InChI is InChI=1S/C21H16N2O5/c24-19(17-6-3-11-27-17)22-14-7-9-15(10-8-14)23-20(25)18-12-13-4-1-2-5-16(13)21(26)28-18/h1-11,18H,12H2,(H,22,24)(H,23,25). The van der Waals surface area contributed by atoms with Gasteiger partial charge in [0.15, 0.2) is 11.9 Å². The molecule has 0 saturated heterocycles. The summed E-state index contributed by atoms with van der Waals surface area (Å²) in [6.45, 7) is 0. The van der Waals surface area contributed by atoms with Crippen LogP contribution in [0.2, 0.25) is 0 Å². The van der Waals surface area contributed by atoms with Crippen molar-refractivity contribution < 1.29 is 23.5 Å². The van der Waals surface area contributed by atoms with Gasteiger partial charge in [-0.3, -0.25) is 9.59 Å². The average molecular weight is 376 g/mol. The van der Waals surface area contributed by atoms with E-state index in [4.69, 9.17) is 9.15 Å². The average Bonchev–Trinajstić information content (AvgIpc) is 3.24. The SMILES string of the molecule is O=C(Nc1ccc(NC(=O)C2Cc3ccccc3C(=O)O2)cc1)c1ccco1. The van der Waals surface area contributed by atoms with E-state index in [-0.39, 0.29) is 11.7 Å². The van der Waals surface area contributed by atoms with Gasteiger partial charge in [-0.2, -0.15) is 0 Å². The number of benzene rings is 2. The highest BCUT2D eigenvalue weighted by Gasteiger charge is 2.31. The van der Waals surface area contributed by atoms with E-state index in [1.807, 2.05) is 12.1 Å². The van der Waals surface area contributed by atoms with E-state index >= 15 is 0 Å². The third-order valence-electron chi connectivity index (χ3n) is 4.34. The highest BCUT2D eigenvalue weighted by atomic mass is 16.5. The fourth-order valence-electron chi connectivity index (χ4n) is 2.94. The van der Waals surface area contributed by atoms with Gasteiger partial charge in [-0.25, -0.2) is 4.79 Å². The molecule has 0 spiro atoms. The zero-order valence-electron chi connectivity index (χ0n) is 14.7. The minimum absolute atomic E-state index is 0.205. The van der Waals surface area contributed by atoms with Crippen LogP contribution < -0.4 is 10.6 Å². The molecule has 2 amide bonds. The van der Waals surface area contributed by atoms with Gasteiger partial charge >= 0.3 is 5.97 Å². The summed E-state index contributed by atoms with van der Waals surface area (Å²) < 4.78 is 10.3. The number of esters is 1. The summed E-state index contributed by atoms with van der Waals surface area (Å²) >= 11 is 0. The molecular formula is C21H16N2O5. The maximum absolute atomic E-state index is 12.5. The van der Waals surface area contributed by atoms with Crippen molar-refractivity contribution in [1.82, 2.24) is 0 Å². The fourth-order valence-corrected chi connectivity index (χ4v) is 2.94. The first kappa shape index (κ1) is 17.5. The third kappa shape index (κ3) is 3.64. The molecule has 0 aliphatic carbocycles. The first-order valence-electron chi connectivity index (χ1n) is 8.65. The molecule has 4 rings (SSSR count). The van der Waals surface area contributed by atoms with E-state index < -0.39 is 18.0 Å². The number of furan rings is 1. The number of hydrogen-bond donors (Lipinski definition) is 2. The summed E-state index contributed by atoms with van der Waals surface area (Å²) in [6.07, 6.45) is 0.857. The van der Waals surface area contributed by atoms with Gasteiger partial charge < -0.3 is 19.8 Å². The van der Waals surface area contributed by atoms with E-state index in [1.54, 1.807) is 48.5 Å². The number of carbonyl (C=O) groups excluding carboxylic acids is 3. The lowest BCUT2D eigenvalue weighted by Crippen LogP contribution is -2.37. The zero-order chi connectivity index (χ0) is 19.5. The quantitative estimate of drug-likeness (QED) is 0.681. The van der Waals surface area contributed by atoms with Gasteiger partial charge in [0.05, 0.1) is 11.8 Å². The zero-order valence-corrected chi connectivity index (χ0v) is 14.7. The number of amides is 2. The molecule has 3 aromatic rings. The number of carbonyl (C=O) groups is 3. The van der Waals surface area contributed by atoms with E-state index in [2.05, 4.69) is 10.6 Å². The number of anilines is 2. The van der Waals surface area contributed by atoms with Crippen molar-refractivity contribution in [2.24, 2.45) is 0 Å². The topological polar surface area (TPSA) is 97.6 Å². The molecule has 7 nitrogen and oxygen atoms in total. The Labute approximate surface area is 160 Å². The van der Waals surface area contributed by atoms with Gasteiger partial charge in [0.1, 0.15) is 0 Å². The summed E-state index contributed by atoms with van der Waals surface area (Å²) in [5, 5.41) is 5.41. The van der Waals surface area contributed by atoms with Crippen LogP contribution >= 0.6 is 0 Å². The second kappa shape index (κ2) is 7.40. The van der Waals surface area contributed by atoms with E-state index in [1.165, 1.54) is 6.26 Å². The minimum atomic E-state index is -0.888. The largest absolute Gasteiger partial charge is 0.459 e. The maximum Gasteiger partial charge on any atom is 0.339 e. The van der Waals surface area contributed by atoms with Crippen LogP contribution in [0.4, 0.5) is 11.4 Å². The molecule has 0 saturated carbocycles. The Morgan fingerprint density at radius 2 is 1.61 bits per heavy atom. The van der Waals surface area contributed by atoms with E-state index in [0.29, 0.717) is 23.4 Å². The van der Waals surface area contributed by atoms with Crippen LogP contribution in [-0.4, -0.2) is 23.9 Å². The Kier molecular flexibility index (Phi) is 4.63. The van der Waals surface area contributed by atoms with Gasteiger partial charge in [0.25, 0.3) is 11.8 Å². The molecule has 7 heteroatoms. The Balaban J connectivity index is 1.39. The molecule has 2 N–H and O–H groups in total. The Hall–Kier alpha value is -3.87. The van der Waals surface area contributed by atoms with Crippen LogP contribution in [0.25, 0.3) is 0 Å². The van der Waals surface area contributed by atoms with E-state index in [9.17, 15) is 14.4 Å². The molecule has 0 bridgehead atoms. The summed E-state index contributed by atoms with van der Waals surface area (Å²) in [6, 6.07) is 16.9. The molecule has 1 aliphatic heterocycles. The number of nitrogens with one attached hydrogen (secondary N) is 2. The second-order valence-electron chi connectivity index (χ2n) is 6.25. The van der Waals surface area contributed by atoms with Crippen LogP contribution in [0.3, 0.4) is 0 Å². The van der Waals surface area contributed by atoms with Crippen molar-refractivity contribution >= 4 is 29.2 Å². The lowest BCUT2D eigenvalue weighted by Gasteiger charge is -2.23. The fraction of sp³-hybridized carbons (Fsp3) is 0.0952. The van der Waals surface area contributed by atoms with Gasteiger partial charge in [-0.05, 0) is 48.0 Å². The predicted octanol–water partition coefficient (Wildman–Crippen LogP) is 3.25. The lowest BCUT2D eigenvalue weighted by atomic mass is 9.98. The number of ether oxygens (including phenoxy) is 1. The number of hydrogen-bond acceptors (Lipinski definition) is 5. The smallest absolute Gasteiger partial charge is 0.339 e. The maximum atomic E-state index is 12.5. The van der Waals surface area contributed by atoms with Crippen molar-refractivity contribution in [3.63, 3.8) is 0 Å². The number of cyclic esters (lactones) is 1. The Morgan fingerprint density at radius 1 is 0.893 bits per heavy atom. The molecule has 0 fully saturated rings. The van der Waals surface area contributed by atoms with Gasteiger partial charge in [-0.1, -0.05) is 18.2 Å². The molecule has 140 valence electrons. The third-order valence-corrected chi connectivity index (χ3v) is 4.34. The van der Waals surface area contributed by atoms with Crippen molar-refractivity contribution in [2.75, 3.05) is 10.6 Å². The predicted molar refractivity (Wildman–Crippen MR) is 101 cm³/mol. The van der Waals surface area contributed by atoms with E-state index in [0.717, 1.165) is 5.56 Å². The highest BCUT2D eigenvalue weighted by molar-refractivity contribution is 6.03. The van der Waals surface area contributed by atoms with Crippen LogP contribution in [0.5, 0.6) is 0 Å². The molecule has 2 heterocycles. The number of fused-ring (bicyclic) bond motifs is 1. The summed E-state index contributed by atoms with van der Waals surface area (Å²) in [5.74, 6) is -1.07. The molecule has 1 atom stereocenters.